The second-order valence-corrected chi connectivity index (χ2v) is 10.9. The Kier molecular flexibility index (Phi) is 7.19. The van der Waals surface area contributed by atoms with Crippen molar-refractivity contribution in [1.82, 2.24) is 24.4 Å². The van der Waals surface area contributed by atoms with Crippen LogP contribution in [0, 0.1) is 0 Å². The Labute approximate surface area is 221 Å². The molecule has 0 unspecified atom stereocenters. The lowest BCUT2D eigenvalue weighted by atomic mass is 10.1. The number of nitrogens with zero attached hydrogens (tertiary/aromatic N) is 5. The number of ether oxygens (including phenoxy) is 1. The van der Waals surface area contributed by atoms with E-state index in [4.69, 9.17) is 9.72 Å². The van der Waals surface area contributed by atoms with Gasteiger partial charge in [-0.25, -0.2) is 9.50 Å². The number of hydrogen-bond acceptors (Lipinski definition) is 6. The number of piperidine rings is 2. The number of amides is 1. The summed E-state index contributed by atoms with van der Waals surface area (Å²) in [5.41, 5.74) is 4.79. The Hall–Kier alpha value is -3.23. The zero-order chi connectivity index (χ0) is 25.0. The van der Waals surface area contributed by atoms with Crippen molar-refractivity contribution >= 4 is 22.9 Å². The van der Waals surface area contributed by atoms with Gasteiger partial charge in [0.2, 0.25) is 0 Å². The molecule has 3 aromatic heterocycles. The molecular weight excluding hydrogens is 482 g/mol. The van der Waals surface area contributed by atoms with Crippen LogP contribution in [-0.4, -0.2) is 69.6 Å². The zero-order valence-electron chi connectivity index (χ0n) is 21.1. The lowest BCUT2D eigenvalue weighted by Gasteiger charge is -2.26. The van der Waals surface area contributed by atoms with E-state index in [2.05, 4.69) is 22.1 Å². The van der Waals surface area contributed by atoms with E-state index < -0.39 is 0 Å². The molecular formula is C29H33N5O2S. The number of benzene rings is 1. The van der Waals surface area contributed by atoms with Crippen molar-refractivity contribution in [1.29, 1.82) is 0 Å². The number of carbonyl (C=O) groups excluding carboxylic acids is 1. The molecule has 5 heterocycles. The number of carbonyl (C=O) groups is 1. The topological polar surface area (TPSA) is 63.0 Å². The van der Waals surface area contributed by atoms with Gasteiger partial charge >= 0.3 is 0 Å². The average molecular weight is 516 g/mol. The lowest BCUT2D eigenvalue weighted by Crippen LogP contribution is -2.35. The molecule has 0 spiro atoms. The van der Waals surface area contributed by atoms with Gasteiger partial charge in [0.1, 0.15) is 12.4 Å². The maximum absolute atomic E-state index is 12.9. The van der Waals surface area contributed by atoms with Gasteiger partial charge in [-0.15, -0.1) is 11.3 Å². The Bertz CT molecular complexity index is 1350. The van der Waals surface area contributed by atoms with Gasteiger partial charge in [0.15, 0.2) is 5.65 Å². The van der Waals surface area contributed by atoms with Crippen molar-refractivity contribution in [3.8, 4) is 28.0 Å². The highest BCUT2D eigenvalue weighted by atomic mass is 32.1. The molecule has 7 nitrogen and oxygen atoms in total. The van der Waals surface area contributed by atoms with Crippen LogP contribution in [0.25, 0.3) is 27.9 Å². The molecule has 4 aromatic rings. The molecule has 2 aliphatic heterocycles. The summed E-state index contributed by atoms with van der Waals surface area (Å²) in [6.45, 7) is 5.81. The molecule has 1 amide bonds. The van der Waals surface area contributed by atoms with Crippen molar-refractivity contribution < 1.29 is 9.53 Å². The van der Waals surface area contributed by atoms with E-state index in [9.17, 15) is 4.79 Å². The Balaban J connectivity index is 1.12. The smallest absolute Gasteiger partial charge is 0.263 e. The SMILES string of the molecule is O=C(c1cc(-c2cnn3cc(-c4ccc(OCCN5CCCCC5)cc4)cnc23)cs1)N1CCCCC1. The summed E-state index contributed by atoms with van der Waals surface area (Å²) < 4.78 is 7.80. The van der Waals surface area contributed by atoms with Crippen molar-refractivity contribution in [2.75, 3.05) is 39.3 Å². The van der Waals surface area contributed by atoms with Crippen LogP contribution in [0.5, 0.6) is 5.75 Å². The Morgan fingerprint density at radius 3 is 2.43 bits per heavy atom. The van der Waals surface area contributed by atoms with Crippen LogP contribution in [0.4, 0.5) is 0 Å². The molecule has 0 saturated carbocycles. The fraction of sp³-hybridized carbons (Fsp3) is 0.414. The normalized spacial score (nSPS) is 16.8. The van der Waals surface area contributed by atoms with Crippen LogP contribution in [0.15, 0.2) is 54.3 Å². The molecule has 0 atom stereocenters. The number of aromatic nitrogens is 3. The monoisotopic (exact) mass is 515 g/mol. The summed E-state index contributed by atoms with van der Waals surface area (Å²) in [4.78, 5) is 22.9. The van der Waals surface area contributed by atoms with Gasteiger partial charge in [0, 0.05) is 43.2 Å². The van der Waals surface area contributed by atoms with Gasteiger partial charge < -0.3 is 9.64 Å². The second kappa shape index (κ2) is 11.0. The number of rotatable bonds is 7. The van der Waals surface area contributed by atoms with Crippen LogP contribution >= 0.6 is 11.3 Å². The van der Waals surface area contributed by atoms with Crippen LogP contribution < -0.4 is 4.74 Å². The van der Waals surface area contributed by atoms with Crippen molar-refractivity contribution in [3.05, 3.63) is 59.2 Å². The van der Waals surface area contributed by atoms with Gasteiger partial charge in [-0.05, 0) is 79.9 Å². The van der Waals surface area contributed by atoms with Crippen LogP contribution in [0.2, 0.25) is 0 Å². The third kappa shape index (κ3) is 5.40. The molecule has 192 valence electrons. The molecule has 0 N–H and O–H groups in total. The molecule has 2 fully saturated rings. The van der Waals surface area contributed by atoms with Crippen LogP contribution in [0.1, 0.15) is 48.2 Å². The first-order valence-corrected chi connectivity index (χ1v) is 14.3. The highest BCUT2D eigenvalue weighted by Crippen LogP contribution is 2.31. The first-order chi connectivity index (χ1) is 18.2. The summed E-state index contributed by atoms with van der Waals surface area (Å²) in [5.74, 6) is 1.03. The molecule has 1 aromatic carbocycles. The third-order valence-corrected chi connectivity index (χ3v) is 8.35. The van der Waals surface area contributed by atoms with E-state index in [0.717, 1.165) is 77.6 Å². The van der Waals surface area contributed by atoms with E-state index in [1.165, 1.54) is 50.1 Å². The van der Waals surface area contributed by atoms with E-state index in [0.29, 0.717) is 0 Å². The van der Waals surface area contributed by atoms with Gasteiger partial charge in [-0.2, -0.15) is 5.10 Å². The summed E-state index contributed by atoms with van der Waals surface area (Å²) >= 11 is 1.50. The average Bonchev–Trinajstić information content (AvgIpc) is 3.61. The summed E-state index contributed by atoms with van der Waals surface area (Å²) in [6, 6.07) is 10.2. The first kappa shape index (κ1) is 24.1. The molecule has 2 saturated heterocycles. The summed E-state index contributed by atoms with van der Waals surface area (Å²) in [7, 11) is 0. The Morgan fingerprint density at radius 1 is 0.892 bits per heavy atom. The number of fused-ring (bicyclic) bond motifs is 1. The van der Waals surface area contributed by atoms with Crippen LogP contribution in [0.3, 0.4) is 0 Å². The van der Waals surface area contributed by atoms with Gasteiger partial charge in [-0.3, -0.25) is 9.69 Å². The van der Waals surface area contributed by atoms with Gasteiger partial charge in [-0.1, -0.05) is 18.6 Å². The molecule has 6 rings (SSSR count). The maximum atomic E-state index is 12.9. The molecule has 0 bridgehead atoms. The zero-order valence-corrected chi connectivity index (χ0v) is 22.0. The minimum atomic E-state index is 0.140. The van der Waals surface area contributed by atoms with Gasteiger partial charge in [0.05, 0.1) is 11.1 Å². The Morgan fingerprint density at radius 2 is 1.65 bits per heavy atom. The van der Waals surface area contributed by atoms with E-state index in [1.54, 1.807) is 0 Å². The molecule has 37 heavy (non-hydrogen) atoms. The fourth-order valence-electron chi connectivity index (χ4n) is 5.29. The summed E-state index contributed by atoms with van der Waals surface area (Å²) in [6.07, 6.45) is 13.1. The van der Waals surface area contributed by atoms with Crippen molar-refractivity contribution in [2.45, 2.75) is 38.5 Å². The molecule has 8 heteroatoms. The van der Waals surface area contributed by atoms with Crippen molar-refractivity contribution in [2.24, 2.45) is 0 Å². The molecule has 2 aliphatic rings. The third-order valence-electron chi connectivity index (χ3n) is 7.43. The van der Waals surface area contributed by atoms with Gasteiger partial charge in [0.25, 0.3) is 5.91 Å². The lowest BCUT2D eigenvalue weighted by molar-refractivity contribution is 0.0729. The van der Waals surface area contributed by atoms with E-state index in [-0.39, 0.29) is 5.91 Å². The predicted octanol–water partition coefficient (Wildman–Crippen LogP) is 5.62. The number of likely N-dealkylation sites (tertiary alicyclic amines) is 2. The standard InChI is InChI=1S/C29H33N5O2S/c35-29(33-13-5-2-6-14-33)27-17-23(21-37-27)26-19-31-34-20-24(18-30-28(26)34)22-7-9-25(10-8-22)36-16-15-32-11-3-1-4-12-32/h7-10,17-21H,1-6,11-16H2. The highest BCUT2D eigenvalue weighted by Gasteiger charge is 2.21. The van der Waals surface area contributed by atoms with Crippen LogP contribution in [-0.2, 0) is 0 Å². The largest absolute Gasteiger partial charge is 0.492 e. The predicted molar refractivity (Wildman–Crippen MR) is 147 cm³/mol. The van der Waals surface area contributed by atoms with E-state index >= 15 is 0 Å². The number of hydrogen-bond donors (Lipinski definition) is 0. The molecule has 0 radical (unpaired) electrons. The quantitative estimate of drug-likeness (QED) is 0.320. The number of thiophene rings is 1. The summed E-state index contributed by atoms with van der Waals surface area (Å²) in [5, 5.41) is 6.60. The maximum Gasteiger partial charge on any atom is 0.263 e. The van der Waals surface area contributed by atoms with Crippen molar-refractivity contribution in [3.63, 3.8) is 0 Å². The molecule has 0 aliphatic carbocycles. The second-order valence-electron chi connectivity index (χ2n) is 10.00. The minimum absolute atomic E-state index is 0.140. The first-order valence-electron chi connectivity index (χ1n) is 13.4. The van der Waals surface area contributed by atoms with E-state index in [1.807, 2.05) is 51.6 Å². The highest BCUT2D eigenvalue weighted by molar-refractivity contribution is 7.12. The fourth-order valence-corrected chi connectivity index (χ4v) is 6.16. The minimum Gasteiger partial charge on any atom is -0.492 e.